The van der Waals surface area contributed by atoms with Gasteiger partial charge in [-0.1, -0.05) is 19.3 Å². The van der Waals surface area contributed by atoms with Gasteiger partial charge in [-0.15, -0.1) is 0 Å². The van der Waals surface area contributed by atoms with Gasteiger partial charge in [0.05, 0.1) is 12.3 Å². The van der Waals surface area contributed by atoms with E-state index in [1.807, 2.05) is 0 Å². The molecular weight excluding hydrogens is 312 g/mol. The molecule has 1 saturated carbocycles. The van der Waals surface area contributed by atoms with Crippen molar-refractivity contribution in [2.24, 2.45) is 0 Å². The zero-order chi connectivity index (χ0) is 18.2. The molecule has 1 atom stereocenters. The highest BCUT2D eigenvalue weighted by Crippen LogP contribution is 2.31. The Hall–Kier alpha value is -1.76. The van der Waals surface area contributed by atoms with Crippen LogP contribution in [0.15, 0.2) is 0 Å². The van der Waals surface area contributed by atoms with Gasteiger partial charge in [0.15, 0.2) is 5.78 Å². The Labute approximate surface area is 143 Å². The average molecular weight is 340 g/mol. The summed E-state index contributed by atoms with van der Waals surface area (Å²) in [7, 11) is 1.50. The number of amides is 1. The Morgan fingerprint density at radius 1 is 1.21 bits per heavy atom. The standard InChI is InChI=1S/C17H28N2O5/c1-12(2)24-15(21)14(8-7-13(20)11-18)19-16(22)17(23-3)9-5-4-6-10-17/h11-12,14,18H,4-10H2,1-3H3,(H,19,22)/t14-/m0/s1. The molecule has 0 bridgehead atoms. The second kappa shape index (κ2) is 9.52. The van der Waals surface area contributed by atoms with Gasteiger partial charge in [-0.2, -0.15) is 0 Å². The predicted octanol–water partition coefficient (Wildman–Crippen LogP) is 1.77. The molecule has 1 amide bonds. The van der Waals surface area contributed by atoms with Gasteiger partial charge in [0.1, 0.15) is 11.6 Å². The van der Waals surface area contributed by atoms with Crippen LogP contribution in [0.1, 0.15) is 58.8 Å². The number of rotatable bonds is 9. The van der Waals surface area contributed by atoms with Crippen molar-refractivity contribution < 1.29 is 23.9 Å². The third-order valence-electron chi connectivity index (χ3n) is 4.25. The maximum atomic E-state index is 12.7. The second-order valence-electron chi connectivity index (χ2n) is 6.42. The molecular formula is C17H28N2O5. The maximum absolute atomic E-state index is 12.7. The van der Waals surface area contributed by atoms with Crippen LogP contribution in [-0.2, 0) is 23.9 Å². The van der Waals surface area contributed by atoms with Gasteiger partial charge in [0.2, 0.25) is 0 Å². The van der Waals surface area contributed by atoms with E-state index in [-0.39, 0.29) is 24.9 Å². The van der Waals surface area contributed by atoms with Gasteiger partial charge in [-0.25, -0.2) is 4.79 Å². The number of hydrogen-bond acceptors (Lipinski definition) is 6. The van der Waals surface area contributed by atoms with Gasteiger partial charge in [-0.3, -0.25) is 9.59 Å². The normalized spacial score (nSPS) is 17.8. The molecule has 136 valence electrons. The van der Waals surface area contributed by atoms with Gasteiger partial charge >= 0.3 is 5.97 Å². The van der Waals surface area contributed by atoms with Crippen LogP contribution in [0.5, 0.6) is 0 Å². The lowest BCUT2D eigenvalue weighted by Gasteiger charge is -2.35. The number of esters is 1. The highest BCUT2D eigenvalue weighted by molar-refractivity contribution is 6.26. The van der Waals surface area contributed by atoms with E-state index in [0.29, 0.717) is 19.1 Å². The van der Waals surface area contributed by atoms with E-state index in [2.05, 4.69) is 5.32 Å². The first-order valence-electron chi connectivity index (χ1n) is 8.44. The second-order valence-corrected chi connectivity index (χ2v) is 6.42. The number of methoxy groups -OCH3 is 1. The summed E-state index contributed by atoms with van der Waals surface area (Å²) in [6.45, 7) is 3.44. The summed E-state index contributed by atoms with van der Waals surface area (Å²) in [4.78, 5) is 36.2. The summed E-state index contributed by atoms with van der Waals surface area (Å²) in [5.74, 6) is -1.30. The van der Waals surface area contributed by atoms with Crippen LogP contribution < -0.4 is 5.32 Å². The maximum Gasteiger partial charge on any atom is 0.328 e. The van der Waals surface area contributed by atoms with Crippen LogP contribution >= 0.6 is 0 Å². The number of carbonyl (C=O) groups excluding carboxylic acids is 3. The van der Waals surface area contributed by atoms with Crippen molar-refractivity contribution in [3.8, 4) is 0 Å². The largest absolute Gasteiger partial charge is 0.461 e. The molecule has 0 aromatic carbocycles. The van der Waals surface area contributed by atoms with Crippen molar-refractivity contribution in [2.45, 2.75) is 76.5 Å². The first kappa shape index (κ1) is 20.3. The van der Waals surface area contributed by atoms with E-state index >= 15 is 0 Å². The van der Waals surface area contributed by atoms with Crippen molar-refractivity contribution in [3.63, 3.8) is 0 Å². The van der Waals surface area contributed by atoms with Gasteiger partial charge < -0.3 is 20.2 Å². The molecule has 0 heterocycles. The molecule has 7 nitrogen and oxygen atoms in total. The van der Waals surface area contributed by atoms with E-state index in [1.165, 1.54) is 7.11 Å². The third-order valence-corrected chi connectivity index (χ3v) is 4.25. The fourth-order valence-corrected chi connectivity index (χ4v) is 2.86. The Morgan fingerprint density at radius 2 is 1.83 bits per heavy atom. The molecule has 0 radical (unpaired) electrons. The van der Waals surface area contributed by atoms with Crippen molar-refractivity contribution in [1.82, 2.24) is 5.32 Å². The Kier molecular flexibility index (Phi) is 8.04. The van der Waals surface area contributed by atoms with Gasteiger partial charge in [0, 0.05) is 13.5 Å². The van der Waals surface area contributed by atoms with Gasteiger partial charge in [0.25, 0.3) is 5.91 Å². The fourth-order valence-electron chi connectivity index (χ4n) is 2.86. The molecule has 1 fully saturated rings. The molecule has 0 saturated heterocycles. The SMILES string of the molecule is COC1(C(=O)N[C@@H](CCC(=O)C=N)C(=O)OC(C)C)CCCCC1. The number of nitrogens with one attached hydrogen (secondary N) is 2. The van der Waals surface area contributed by atoms with Crippen LogP contribution in [0.3, 0.4) is 0 Å². The minimum Gasteiger partial charge on any atom is -0.461 e. The van der Waals surface area contributed by atoms with Crippen LogP contribution in [-0.4, -0.2) is 48.7 Å². The highest BCUT2D eigenvalue weighted by atomic mass is 16.5. The molecule has 24 heavy (non-hydrogen) atoms. The van der Waals surface area contributed by atoms with Gasteiger partial charge in [-0.05, 0) is 33.1 Å². The van der Waals surface area contributed by atoms with Crippen molar-refractivity contribution >= 4 is 23.9 Å². The number of hydrogen-bond donors (Lipinski definition) is 2. The topological polar surface area (TPSA) is 106 Å². The van der Waals surface area contributed by atoms with Crippen molar-refractivity contribution in [3.05, 3.63) is 0 Å². The van der Waals surface area contributed by atoms with E-state index in [9.17, 15) is 14.4 Å². The molecule has 0 aromatic rings. The van der Waals surface area contributed by atoms with E-state index < -0.39 is 23.4 Å². The predicted molar refractivity (Wildman–Crippen MR) is 89.0 cm³/mol. The summed E-state index contributed by atoms with van der Waals surface area (Å²) in [5, 5.41) is 9.64. The first-order chi connectivity index (χ1) is 11.3. The lowest BCUT2D eigenvalue weighted by Crippen LogP contribution is -2.54. The van der Waals surface area contributed by atoms with E-state index in [1.54, 1.807) is 13.8 Å². The summed E-state index contributed by atoms with van der Waals surface area (Å²) in [6, 6.07) is -0.919. The Morgan fingerprint density at radius 3 is 2.33 bits per heavy atom. The average Bonchev–Trinajstić information content (AvgIpc) is 2.57. The quantitative estimate of drug-likeness (QED) is 0.491. The summed E-state index contributed by atoms with van der Waals surface area (Å²) >= 11 is 0. The number of carbonyl (C=O) groups is 3. The van der Waals surface area contributed by atoms with Crippen molar-refractivity contribution in [1.29, 1.82) is 5.41 Å². The molecule has 1 aliphatic carbocycles. The number of Topliss-reactive ketones (excluding diaryl/α,β-unsaturated/α-hetero) is 1. The Bertz CT molecular complexity index is 470. The van der Waals surface area contributed by atoms with E-state index in [0.717, 1.165) is 19.3 Å². The number of ketones is 1. The molecule has 2 N–H and O–H groups in total. The molecule has 0 spiro atoms. The molecule has 1 rings (SSSR count). The minimum absolute atomic E-state index is 0.00161. The minimum atomic E-state index is -0.919. The monoisotopic (exact) mass is 340 g/mol. The molecule has 7 heteroatoms. The van der Waals surface area contributed by atoms with Crippen LogP contribution in [0.4, 0.5) is 0 Å². The van der Waals surface area contributed by atoms with Crippen LogP contribution in [0.2, 0.25) is 0 Å². The molecule has 0 unspecified atom stereocenters. The zero-order valence-corrected chi connectivity index (χ0v) is 14.7. The fraction of sp³-hybridized carbons (Fsp3) is 0.765. The smallest absolute Gasteiger partial charge is 0.328 e. The lowest BCUT2D eigenvalue weighted by atomic mass is 9.83. The molecule has 0 aromatic heterocycles. The van der Waals surface area contributed by atoms with E-state index in [4.69, 9.17) is 14.9 Å². The molecule has 1 aliphatic rings. The highest BCUT2D eigenvalue weighted by Gasteiger charge is 2.41. The molecule has 0 aliphatic heterocycles. The Balaban J connectivity index is 2.80. The van der Waals surface area contributed by atoms with Crippen molar-refractivity contribution in [2.75, 3.05) is 7.11 Å². The first-order valence-corrected chi connectivity index (χ1v) is 8.44. The van der Waals surface area contributed by atoms with Crippen LogP contribution in [0.25, 0.3) is 0 Å². The summed E-state index contributed by atoms with van der Waals surface area (Å²) in [5.41, 5.74) is -0.917. The zero-order valence-electron chi connectivity index (χ0n) is 14.7. The summed E-state index contributed by atoms with van der Waals surface area (Å²) < 4.78 is 10.7. The lowest BCUT2D eigenvalue weighted by molar-refractivity contribution is -0.157. The third kappa shape index (κ3) is 5.70. The summed E-state index contributed by atoms with van der Waals surface area (Å²) in [6.07, 6.45) is 4.58. The number of ether oxygens (including phenoxy) is 2. The van der Waals surface area contributed by atoms with Crippen LogP contribution in [0, 0.1) is 5.41 Å².